The van der Waals surface area contributed by atoms with Crippen LogP contribution in [0, 0.1) is 0 Å². The average Bonchev–Trinajstić information content (AvgIpc) is 2.91. The fraction of sp³-hybridized carbons (Fsp3) is 0.333. The van der Waals surface area contributed by atoms with Gasteiger partial charge in [-0.15, -0.1) is 0 Å². The van der Waals surface area contributed by atoms with Gasteiger partial charge in [0.15, 0.2) is 0 Å². The summed E-state index contributed by atoms with van der Waals surface area (Å²) in [6, 6.07) is 7.60. The second-order valence-corrected chi connectivity index (χ2v) is 5.15. The summed E-state index contributed by atoms with van der Waals surface area (Å²) < 4.78 is 5.47. The van der Waals surface area contributed by atoms with Crippen molar-refractivity contribution in [3.8, 4) is 0 Å². The second kappa shape index (κ2) is 5.67. The van der Waals surface area contributed by atoms with Crippen LogP contribution in [0.2, 0.25) is 0 Å². The summed E-state index contributed by atoms with van der Waals surface area (Å²) in [5.41, 5.74) is 3.10. The average molecular weight is 286 g/mol. The molecule has 6 heteroatoms. The molecule has 3 rings (SSSR count). The summed E-state index contributed by atoms with van der Waals surface area (Å²) in [4.78, 5) is 16.7. The number of anilines is 1. The van der Waals surface area contributed by atoms with Crippen molar-refractivity contribution >= 4 is 22.5 Å². The largest absolute Gasteiger partial charge is 0.376 e. The highest BCUT2D eigenvalue weighted by Gasteiger charge is 2.26. The first-order valence-electron chi connectivity index (χ1n) is 6.97. The second-order valence-electron chi connectivity index (χ2n) is 5.15. The smallest absolute Gasteiger partial charge is 0.253 e. The SMILES string of the molecule is CC1OCCC1NC(=O)c1cnc(NN)c2ccccc12. The van der Waals surface area contributed by atoms with Crippen molar-refractivity contribution in [3.05, 3.63) is 36.0 Å². The zero-order valence-corrected chi connectivity index (χ0v) is 11.8. The van der Waals surface area contributed by atoms with Crippen LogP contribution in [-0.2, 0) is 4.74 Å². The minimum atomic E-state index is -0.135. The maximum atomic E-state index is 12.5. The Hall–Kier alpha value is -2.18. The first-order valence-corrected chi connectivity index (χ1v) is 6.97. The summed E-state index contributed by atoms with van der Waals surface area (Å²) in [6.45, 7) is 2.65. The summed E-state index contributed by atoms with van der Waals surface area (Å²) >= 11 is 0. The van der Waals surface area contributed by atoms with Gasteiger partial charge in [-0.05, 0) is 18.7 Å². The van der Waals surface area contributed by atoms with Crippen LogP contribution in [0.15, 0.2) is 30.5 Å². The zero-order chi connectivity index (χ0) is 14.8. The van der Waals surface area contributed by atoms with Crippen LogP contribution in [0.1, 0.15) is 23.7 Å². The number of nitrogens with zero attached hydrogens (tertiary/aromatic N) is 1. The molecule has 110 valence electrons. The Kier molecular flexibility index (Phi) is 3.72. The molecule has 21 heavy (non-hydrogen) atoms. The molecule has 1 amide bonds. The van der Waals surface area contributed by atoms with Crippen LogP contribution in [0.5, 0.6) is 0 Å². The van der Waals surface area contributed by atoms with Gasteiger partial charge in [-0.25, -0.2) is 10.8 Å². The van der Waals surface area contributed by atoms with Crippen LogP contribution in [-0.4, -0.2) is 29.6 Å². The van der Waals surface area contributed by atoms with Crippen molar-refractivity contribution in [2.75, 3.05) is 12.0 Å². The molecule has 2 heterocycles. The molecule has 2 aromatic rings. The van der Waals surface area contributed by atoms with E-state index in [1.54, 1.807) is 6.20 Å². The van der Waals surface area contributed by atoms with Crippen molar-refractivity contribution in [1.82, 2.24) is 10.3 Å². The van der Waals surface area contributed by atoms with Crippen LogP contribution < -0.4 is 16.6 Å². The predicted molar refractivity (Wildman–Crippen MR) is 80.8 cm³/mol. The van der Waals surface area contributed by atoms with E-state index in [1.807, 2.05) is 31.2 Å². The van der Waals surface area contributed by atoms with Gasteiger partial charge >= 0.3 is 0 Å². The van der Waals surface area contributed by atoms with E-state index in [0.29, 0.717) is 18.0 Å². The number of hydrogen-bond donors (Lipinski definition) is 3. The number of nitrogens with two attached hydrogens (primary N) is 1. The number of carbonyl (C=O) groups excluding carboxylic acids is 1. The van der Waals surface area contributed by atoms with E-state index < -0.39 is 0 Å². The van der Waals surface area contributed by atoms with E-state index in [-0.39, 0.29) is 18.1 Å². The number of nitrogens with one attached hydrogen (secondary N) is 2. The highest BCUT2D eigenvalue weighted by molar-refractivity contribution is 6.09. The van der Waals surface area contributed by atoms with Crippen LogP contribution in [0.3, 0.4) is 0 Å². The lowest BCUT2D eigenvalue weighted by atomic mass is 10.1. The molecular weight excluding hydrogens is 268 g/mol. The third-order valence-electron chi connectivity index (χ3n) is 3.87. The van der Waals surface area contributed by atoms with E-state index in [4.69, 9.17) is 10.6 Å². The highest BCUT2D eigenvalue weighted by atomic mass is 16.5. The lowest BCUT2D eigenvalue weighted by Crippen LogP contribution is -2.39. The number of carbonyl (C=O) groups is 1. The zero-order valence-electron chi connectivity index (χ0n) is 11.8. The standard InChI is InChI=1S/C15H18N4O2/c1-9-13(6-7-21-9)18-15(20)12-8-17-14(19-16)11-5-3-2-4-10(11)12/h2-5,8-9,13H,6-7,16H2,1H3,(H,17,19)(H,18,20). The lowest BCUT2D eigenvalue weighted by Gasteiger charge is -2.17. The summed E-state index contributed by atoms with van der Waals surface area (Å²) in [6.07, 6.45) is 2.42. The van der Waals surface area contributed by atoms with Gasteiger partial charge in [-0.1, -0.05) is 24.3 Å². The number of hydrogen-bond acceptors (Lipinski definition) is 5. The predicted octanol–water partition coefficient (Wildman–Crippen LogP) is 1.43. The highest BCUT2D eigenvalue weighted by Crippen LogP contribution is 2.24. The van der Waals surface area contributed by atoms with E-state index >= 15 is 0 Å². The Morgan fingerprint density at radius 1 is 1.38 bits per heavy atom. The Labute approximate surface area is 122 Å². The number of fused-ring (bicyclic) bond motifs is 1. The van der Waals surface area contributed by atoms with Crippen LogP contribution in [0.4, 0.5) is 5.82 Å². The number of pyridine rings is 1. The molecule has 1 aliphatic heterocycles. The van der Waals surface area contributed by atoms with E-state index in [9.17, 15) is 4.79 Å². The molecule has 0 radical (unpaired) electrons. The lowest BCUT2D eigenvalue weighted by molar-refractivity contribution is 0.0867. The van der Waals surface area contributed by atoms with Gasteiger partial charge in [0.05, 0.1) is 17.7 Å². The first-order chi connectivity index (χ1) is 10.2. The van der Waals surface area contributed by atoms with E-state index in [0.717, 1.165) is 17.2 Å². The summed E-state index contributed by atoms with van der Waals surface area (Å²) in [5.74, 6) is 5.88. The number of ether oxygens (including phenoxy) is 1. The summed E-state index contributed by atoms with van der Waals surface area (Å²) in [5, 5.41) is 4.67. The van der Waals surface area contributed by atoms with Crippen molar-refractivity contribution in [1.29, 1.82) is 0 Å². The van der Waals surface area contributed by atoms with Gasteiger partial charge in [0.1, 0.15) is 5.82 Å². The molecule has 1 aromatic carbocycles. The topological polar surface area (TPSA) is 89.3 Å². The number of hydrazine groups is 1. The van der Waals surface area contributed by atoms with E-state index in [1.165, 1.54) is 0 Å². The van der Waals surface area contributed by atoms with Crippen molar-refractivity contribution < 1.29 is 9.53 Å². The molecular formula is C15H18N4O2. The van der Waals surface area contributed by atoms with E-state index in [2.05, 4.69) is 15.7 Å². The molecule has 6 nitrogen and oxygen atoms in total. The van der Waals surface area contributed by atoms with Gasteiger partial charge in [-0.2, -0.15) is 0 Å². The quantitative estimate of drug-likeness (QED) is 0.586. The van der Waals surface area contributed by atoms with Gasteiger partial charge in [0.2, 0.25) is 0 Å². The van der Waals surface area contributed by atoms with Gasteiger partial charge < -0.3 is 15.5 Å². The Balaban J connectivity index is 1.95. The van der Waals surface area contributed by atoms with Crippen molar-refractivity contribution in [2.45, 2.75) is 25.5 Å². The molecule has 0 spiro atoms. The number of amides is 1. The van der Waals surface area contributed by atoms with Crippen LogP contribution >= 0.6 is 0 Å². The fourth-order valence-corrected chi connectivity index (χ4v) is 2.66. The molecule has 2 unspecified atom stereocenters. The van der Waals surface area contributed by atoms with Gasteiger partial charge in [0, 0.05) is 18.2 Å². The molecule has 0 bridgehead atoms. The number of benzene rings is 1. The third kappa shape index (κ3) is 2.55. The Bertz CT molecular complexity index is 674. The minimum Gasteiger partial charge on any atom is -0.376 e. The molecule has 0 saturated carbocycles. The maximum absolute atomic E-state index is 12.5. The minimum absolute atomic E-state index is 0.0400. The first kappa shape index (κ1) is 13.8. The fourth-order valence-electron chi connectivity index (χ4n) is 2.66. The van der Waals surface area contributed by atoms with Crippen LogP contribution in [0.25, 0.3) is 10.8 Å². The van der Waals surface area contributed by atoms with Gasteiger partial charge in [-0.3, -0.25) is 4.79 Å². The number of nitrogen functional groups attached to an aromatic ring is 1. The van der Waals surface area contributed by atoms with Crippen molar-refractivity contribution in [2.24, 2.45) is 5.84 Å². The maximum Gasteiger partial charge on any atom is 0.253 e. The molecule has 1 saturated heterocycles. The summed E-state index contributed by atoms with van der Waals surface area (Å²) in [7, 11) is 0. The molecule has 4 N–H and O–H groups in total. The molecule has 2 atom stereocenters. The Morgan fingerprint density at radius 2 is 2.14 bits per heavy atom. The monoisotopic (exact) mass is 286 g/mol. The molecule has 1 aliphatic rings. The third-order valence-corrected chi connectivity index (χ3v) is 3.87. The molecule has 1 fully saturated rings. The number of aromatic nitrogens is 1. The normalized spacial score (nSPS) is 21.4. The Morgan fingerprint density at radius 3 is 2.81 bits per heavy atom. The van der Waals surface area contributed by atoms with Gasteiger partial charge in [0.25, 0.3) is 5.91 Å². The molecule has 0 aliphatic carbocycles. The molecule has 1 aromatic heterocycles. The van der Waals surface area contributed by atoms with Crippen molar-refractivity contribution in [3.63, 3.8) is 0 Å². The number of rotatable bonds is 3.